The summed E-state index contributed by atoms with van der Waals surface area (Å²) in [6.07, 6.45) is 4.51. The second-order valence-corrected chi connectivity index (χ2v) is 6.08. The highest BCUT2D eigenvalue weighted by atomic mass is 32.2. The molecule has 1 aromatic heterocycles. The first-order chi connectivity index (χ1) is 8.49. The molecule has 0 radical (unpaired) electrons. The van der Waals surface area contributed by atoms with Gasteiger partial charge < -0.3 is 9.67 Å². The summed E-state index contributed by atoms with van der Waals surface area (Å²) < 4.78 is 27.9. The minimum Gasteiger partial charge on any atom is -0.396 e. The Bertz CT molecular complexity index is 456. The van der Waals surface area contributed by atoms with E-state index in [-0.39, 0.29) is 17.6 Å². The summed E-state index contributed by atoms with van der Waals surface area (Å²) in [7, 11) is -3.50. The Labute approximate surface area is 108 Å². The number of hydrogen-bond donors (Lipinski definition) is 2. The van der Waals surface area contributed by atoms with E-state index in [0.29, 0.717) is 19.5 Å². The van der Waals surface area contributed by atoms with Crippen LogP contribution in [0.1, 0.15) is 26.7 Å². The maximum Gasteiger partial charge on any atom is 0.259 e. The van der Waals surface area contributed by atoms with Crippen LogP contribution in [0.2, 0.25) is 0 Å². The molecule has 0 bridgehead atoms. The Kier molecular flexibility index (Phi) is 5.77. The molecular weight excluding hydrogens is 254 g/mol. The van der Waals surface area contributed by atoms with Gasteiger partial charge >= 0.3 is 0 Å². The summed E-state index contributed by atoms with van der Waals surface area (Å²) in [4.78, 5) is 3.86. The lowest BCUT2D eigenvalue weighted by molar-refractivity contribution is 0.228. The molecule has 0 spiro atoms. The average Bonchev–Trinajstić information content (AvgIpc) is 2.83. The number of aliphatic hydroxyl groups excluding tert-OH is 1. The summed E-state index contributed by atoms with van der Waals surface area (Å²) in [5.74, 6) is 0.203. The van der Waals surface area contributed by atoms with E-state index in [2.05, 4.69) is 9.71 Å². The SMILES string of the molecule is CCn1cnc(S(=O)(=O)NCCCC(C)CO)c1. The first-order valence-electron chi connectivity index (χ1n) is 6.12. The van der Waals surface area contributed by atoms with E-state index in [9.17, 15) is 8.42 Å². The van der Waals surface area contributed by atoms with E-state index < -0.39 is 10.0 Å². The van der Waals surface area contributed by atoms with Gasteiger partial charge in [0.25, 0.3) is 10.0 Å². The third-order valence-corrected chi connectivity index (χ3v) is 4.07. The molecule has 2 N–H and O–H groups in total. The van der Waals surface area contributed by atoms with Crippen molar-refractivity contribution in [2.45, 2.75) is 38.3 Å². The monoisotopic (exact) mass is 275 g/mol. The fourth-order valence-corrected chi connectivity index (χ4v) is 2.49. The molecule has 7 heteroatoms. The molecule has 0 saturated carbocycles. The highest BCUT2D eigenvalue weighted by Crippen LogP contribution is 2.07. The lowest BCUT2D eigenvalue weighted by atomic mass is 10.1. The first kappa shape index (κ1) is 15.1. The van der Waals surface area contributed by atoms with Crippen molar-refractivity contribution in [1.29, 1.82) is 0 Å². The number of aromatic nitrogens is 2. The van der Waals surface area contributed by atoms with Crippen molar-refractivity contribution in [3.05, 3.63) is 12.5 Å². The van der Waals surface area contributed by atoms with Gasteiger partial charge in [0, 0.05) is 25.9 Å². The highest BCUT2D eigenvalue weighted by Gasteiger charge is 2.16. The fourth-order valence-electron chi connectivity index (χ4n) is 1.47. The minimum absolute atomic E-state index is 0.0551. The molecule has 104 valence electrons. The molecule has 1 atom stereocenters. The molecule has 0 aromatic carbocycles. The number of rotatable bonds is 8. The van der Waals surface area contributed by atoms with E-state index in [0.717, 1.165) is 6.42 Å². The van der Waals surface area contributed by atoms with Crippen LogP contribution >= 0.6 is 0 Å². The number of sulfonamides is 1. The van der Waals surface area contributed by atoms with Gasteiger partial charge in [0.1, 0.15) is 0 Å². The van der Waals surface area contributed by atoms with E-state index >= 15 is 0 Å². The number of hydrogen-bond acceptors (Lipinski definition) is 4. The molecule has 0 aliphatic carbocycles. The Morgan fingerprint density at radius 1 is 1.56 bits per heavy atom. The largest absolute Gasteiger partial charge is 0.396 e. The van der Waals surface area contributed by atoms with E-state index in [1.54, 1.807) is 4.57 Å². The lowest BCUT2D eigenvalue weighted by Gasteiger charge is -2.07. The maximum atomic E-state index is 11.8. The molecule has 1 aromatic rings. The van der Waals surface area contributed by atoms with Gasteiger partial charge in [-0.05, 0) is 25.7 Å². The lowest BCUT2D eigenvalue weighted by Crippen LogP contribution is -2.25. The van der Waals surface area contributed by atoms with Crippen molar-refractivity contribution >= 4 is 10.0 Å². The van der Waals surface area contributed by atoms with Gasteiger partial charge in [0.15, 0.2) is 5.03 Å². The van der Waals surface area contributed by atoms with Crippen LogP contribution in [0.4, 0.5) is 0 Å². The van der Waals surface area contributed by atoms with Gasteiger partial charge in [-0.25, -0.2) is 18.1 Å². The standard InChI is InChI=1S/C11H21N3O3S/c1-3-14-7-11(12-9-14)18(16,17)13-6-4-5-10(2)8-15/h7,9-10,13,15H,3-6,8H2,1-2H3. The fraction of sp³-hybridized carbons (Fsp3) is 0.727. The quantitative estimate of drug-likeness (QED) is 0.680. The molecule has 1 heterocycles. The number of aliphatic hydroxyl groups is 1. The summed E-state index contributed by atoms with van der Waals surface area (Å²) >= 11 is 0. The highest BCUT2D eigenvalue weighted by molar-refractivity contribution is 7.89. The second kappa shape index (κ2) is 6.86. The van der Waals surface area contributed by atoms with Crippen molar-refractivity contribution < 1.29 is 13.5 Å². The van der Waals surface area contributed by atoms with Crippen LogP contribution in [0.25, 0.3) is 0 Å². The van der Waals surface area contributed by atoms with Crippen molar-refractivity contribution in [1.82, 2.24) is 14.3 Å². The topological polar surface area (TPSA) is 84.2 Å². The van der Waals surface area contributed by atoms with Crippen LogP contribution in [0.5, 0.6) is 0 Å². The number of nitrogens with zero attached hydrogens (tertiary/aromatic N) is 2. The third kappa shape index (κ3) is 4.40. The molecule has 0 aliphatic heterocycles. The molecule has 0 amide bonds. The van der Waals surface area contributed by atoms with Gasteiger partial charge in [0.05, 0.1) is 6.33 Å². The zero-order valence-corrected chi connectivity index (χ0v) is 11.7. The van der Waals surface area contributed by atoms with Crippen LogP contribution in [0, 0.1) is 5.92 Å². The molecule has 1 rings (SSSR count). The summed E-state index contributed by atoms with van der Waals surface area (Å²) in [6.45, 7) is 5.04. The Hall–Kier alpha value is -0.920. The molecule has 0 saturated heterocycles. The van der Waals surface area contributed by atoms with E-state index in [1.807, 2.05) is 13.8 Å². The number of imidazole rings is 1. The molecule has 1 unspecified atom stereocenters. The number of nitrogens with one attached hydrogen (secondary N) is 1. The normalized spacial score (nSPS) is 13.7. The smallest absolute Gasteiger partial charge is 0.259 e. The summed E-state index contributed by atoms with van der Waals surface area (Å²) in [5.41, 5.74) is 0. The number of aryl methyl sites for hydroxylation is 1. The van der Waals surface area contributed by atoms with Crippen LogP contribution < -0.4 is 4.72 Å². The van der Waals surface area contributed by atoms with Crippen molar-refractivity contribution in [2.24, 2.45) is 5.92 Å². The Morgan fingerprint density at radius 2 is 2.28 bits per heavy atom. The molecule has 0 aliphatic rings. The van der Waals surface area contributed by atoms with Crippen LogP contribution in [-0.2, 0) is 16.6 Å². The molecule has 0 fully saturated rings. The van der Waals surface area contributed by atoms with Gasteiger partial charge in [-0.1, -0.05) is 6.92 Å². The summed E-state index contributed by atoms with van der Waals surface area (Å²) in [6, 6.07) is 0. The maximum absolute atomic E-state index is 11.8. The molecule has 6 nitrogen and oxygen atoms in total. The zero-order valence-electron chi connectivity index (χ0n) is 10.8. The van der Waals surface area contributed by atoms with Crippen LogP contribution in [0.15, 0.2) is 17.6 Å². The van der Waals surface area contributed by atoms with Crippen molar-refractivity contribution in [3.8, 4) is 0 Å². The summed E-state index contributed by atoms with van der Waals surface area (Å²) in [5, 5.41) is 8.91. The van der Waals surface area contributed by atoms with Crippen molar-refractivity contribution in [3.63, 3.8) is 0 Å². The van der Waals surface area contributed by atoms with Gasteiger partial charge in [-0.2, -0.15) is 0 Å². The van der Waals surface area contributed by atoms with Gasteiger partial charge in [0.2, 0.25) is 0 Å². The Morgan fingerprint density at radius 3 is 2.83 bits per heavy atom. The molecule has 18 heavy (non-hydrogen) atoms. The zero-order chi connectivity index (χ0) is 13.6. The van der Waals surface area contributed by atoms with Crippen LogP contribution in [0.3, 0.4) is 0 Å². The first-order valence-corrected chi connectivity index (χ1v) is 7.60. The Balaban J connectivity index is 2.45. The average molecular weight is 275 g/mol. The predicted octanol–water partition coefficient (Wildman–Crippen LogP) is 0.590. The minimum atomic E-state index is -3.50. The third-order valence-electron chi connectivity index (χ3n) is 2.73. The van der Waals surface area contributed by atoms with Crippen LogP contribution in [-0.4, -0.2) is 36.2 Å². The van der Waals surface area contributed by atoms with Crippen molar-refractivity contribution in [2.75, 3.05) is 13.2 Å². The second-order valence-electron chi connectivity index (χ2n) is 4.37. The predicted molar refractivity (Wildman–Crippen MR) is 68.6 cm³/mol. The molecular formula is C11H21N3O3S. The van der Waals surface area contributed by atoms with Gasteiger partial charge in [-0.15, -0.1) is 0 Å². The van der Waals surface area contributed by atoms with E-state index in [1.165, 1.54) is 12.5 Å². The van der Waals surface area contributed by atoms with E-state index in [4.69, 9.17) is 5.11 Å². The van der Waals surface area contributed by atoms with Gasteiger partial charge in [-0.3, -0.25) is 0 Å².